The van der Waals surface area contributed by atoms with E-state index in [1.165, 1.54) is 4.90 Å². The van der Waals surface area contributed by atoms with E-state index in [4.69, 9.17) is 15.2 Å². The molecule has 0 fully saturated rings. The quantitative estimate of drug-likeness (QED) is 0.821. The van der Waals surface area contributed by atoms with Crippen molar-refractivity contribution >= 4 is 5.91 Å². The van der Waals surface area contributed by atoms with E-state index < -0.39 is 6.10 Å². The van der Waals surface area contributed by atoms with Gasteiger partial charge in [-0.1, -0.05) is 6.07 Å². The highest BCUT2D eigenvalue weighted by atomic mass is 16.5. The van der Waals surface area contributed by atoms with Crippen LogP contribution in [0, 0.1) is 0 Å². The summed E-state index contributed by atoms with van der Waals surface area (Å²) >= 11 is 0. The highest BCUT2D eigenvalue weighted by Gasteiger charge is 2.18. The third-order valence-electron chi connectivity index (χ3n) is 2.83. The molecule has 0 aliphatic carbocycles. The van der Waals surface area contributed by atoms with Gasteiger partial charge in [0.05, 0.1) is 6.61 Å². The zero-order chi connectivity index (χ0) is 15.1. The molecule has 0 bridgehead atoms. The third-order valence-corrected chi connectivity index (χ3v) is 2.83. The molecule has 0 aliphatic heterocycles. The molecule has 20 heavy (non-hydrogen) atoms. The maximum Gasteiger partial charge on any atom is 0.262 e. The van der Waals surface area contributed by atoms with Gasteiger partial charge in [0.1, 0.15) is 0 Å². The highest BCUT2D eigenvalue weighted by molar-refractivity contribution is 5.80. The van der Waals surface area contributed by atoms with Gasteiger partial charge >= 0.3 is 0 Å². The number of nitrogens with zero attached hydrogens (tertiary/aromatic N) is 1. The van der Waals surface area contributed by atoms with E-state index in [9.17, 15) is 4.79 Å². The minimum atomic E-state index is -0.551. The molecule has 0 radical (unpaired) electrons. The van der Waals surface area contributed by atoms with Gasteiger partial charge in [-0.3, -0.25) is 4.79 Å². The summed E-state index contributed by atoms with van der Waals surface area (Å²) in [6.45, 7) is 4.76. The second-order valence-electron chi connectivity index (χ2n) is 4.75. The van der Waals surface area contributed by atoms with Gasteiger partial charge < -0.3 is 20.1 Å². The fraction of sp³-hybridized carbons (Fsp3) is 0.533. The molecule has 112 valence electrons. The first-order chi connectivity index (χ1) is 9.49. The minimum Gasteiger partial charge on any atom is -0.490 e. The number of amides is 1. The standard InChI is InChI=1S/C15H24N2O3/c1-5-19-14-10-12(8-9-16)6-7-13(14)20-11(2)15(18)17(3)4/h6-7,10-11H,5,8-9,16H2,1-4H3. The molecule has 0 aromatic heterocycles. The normalized spacial score (nSPS) is 11.8. The summed E-state index contributed by atoms with van der Waals surface area (Å²) in [6, 6.07) is 5.69. The number of hydrogen-bond acceptors (Lipinski definition) is 4. The van der Waals surface area contributed by atoms with E-state index in [0.717, 1.165) is 12.0 Å². The van der Waals surface area contributed by atoms with Crippen LogP contribution in [-0.4, -0.2) is 44.2 Å². The van der Waals surface area contributed by atoms with Crippen molar-refractivity contribution in [2.24, 2.45) is 5.73 Å². The van der Waals surface area contributed by atoms with E-state index in [-0.39, 0.29) is 5.91 Å². The zero-order valence-electron chi connectivity index (χ0n) is 12.7. The zero-order valence-corrected chi connectivity index (χ0v) is 12.7. The van der Waals surface area contributed by atoms with Gasteiger partial charge in [0.2, 0.25) is 0 Å². The molecule has 1 atom stereocenters. The van der Waals surface area contributed by atoms with Crippen molar-refractivity contribution in [2.45, 2.75) is 26.4 Å². The summed E-state index contributed by atoms with van der Waals surface area (Å²) in [5.74, 6) is 1.14. The third kappa shape index (κ3) is 4.42. The van der Waals surface area contributed by atoms with E-state index in [1.54, 1.807) is 21.0 Å². The lowest BCUT2D eigenvalue weighted by atomic mass is 10.1. The first-order valence-electron chi connectivity index (χ1n) is 6.83. The lowest BCUT2D eigenvalue weighted by Crippen LogP contribution is -2.35. The minimum absolute atomic E-state index is 0.0847. The monoisotopic (exact) mass is 280 g/mol. The van der Waals surface area contributed by atoms with Crippen molar-refractivity contribution in [1.82, 2.24) is 4.90 Å². The molecule has 1 aromatic rings. The van der Waals surface area contributed by atoms with Crippen LogP contribution < -0.4 is 15.2 Å². The number of nitrogens with two attached hydrogens (primary N) is 1. The van der Waals surface area contributed by atoms with Crippen LogP contribution in [0.3, 0.4) is 0 Å². The number of likely N-dealkylation sites (N-methyl/N-ethyl adjacent to an activating group) is 1. The summed E-state index contributed by atoms with van der Waals surface area (Å²) in [5.41, 5.74) is 6.65. The number of benzene rings is 1. The van der Waals surface area contributed by atoms with Gasteiger partial charge in [0.15, 0.2) is 17.6 Å². The van der Waals surface area contributed by atoms with Crippen molar-refractivity contribution in [1.29, 1.82) is 0 Å². The second-order valence-corrected chi connectivity index (χ2v) is 4.75. The lowest BCUT2D eigenvalue weighted by molar-refractivity contribution is -0.135. The van der Waals surface area contributed by atoms with Crippen LogP contribution in [0.1, 0.15) is 19.4 Å². The van der Waals surface area contributed by atoms with Crippen LogP contribution in [0.5, 0.6) is 11.5 Å². The summed E-state index contributed by atoms with van der Waals surface area (Å²) in [5, 5.41) is 0. The van der Waals surface area contributed by atoms with E-state index in [0.29, 0.717) is 24.7 Å². The topological polar surface area (TPSA) is 64.8 Å². The molecule has 0 spiro atoms. The predicted octanol–water partition coefficient (Wildman–Crippen LogP) is 1.44. The number of carbonyl (C=O) groups excluding carboxylic acids is 1. The Morgan fingerprint density at radius 3 is 2.60 bits per heavy atom. The van der Waals surface area contributed by atoms with E-state index in [2.05, 4.69) is 0 Å². The molecule has 0 saturated carbocycles. The van der Waals surface area contributed by atoms with Gasteiger partial charge in [-0.2, -0.15) is 0 Å². The SMILES string of the molecule is CCOc1cc(CCN)ccc1OC(C)C(=O)N(C)C. The van der Waals surface area contributed by atoms with Crippen LogP contribution in [0.2, 0.25) is 0 Å². The largest absolute Gasteiger partial charge is 0.490 e. The lowest BCUT2D eigenvalue weighted by Gasteiger charge is -2.20. The van der Waals surface area contributed by atoms with Crippen molar-refractivity contribution < 1.29 is 14.3 Å². The van der Waals surface area contributed by atoms with Gasteiger partial charge in [0, 0.05) is 14.1 Å². The number of ether oxygens (including phenoxy) is 2. The molecule has 1 amide bonds. The summed E-state index contributed by atoms with van der Waals surface area (Å²) in [7, 11) is 3.41. The first kappa shape index (κ1) is 16.3. The molecule has 0 heterocycles. The number of rotatable bonds is 7. The van der Waals surface area contributed by atoms with Gasteiger partial charge in [-0.05, 0) is 44.5 Å². The molecular formula is C15H24N2O3. The Bertz CT molecular complexity index is 447. The van der Waals surface area contributed by atoms with Crippen molar-refractivity contribution in [3.05, 3.63) is 23.8 Å². The van der Waals surface area contributed by atoms with Crippen LogP contribution in [0.15, 0.2) is 18.2 Å². The summed E-state index contributed by atoms with van der Waals surface area (Å²) in [4.78, 5) is 13.3. The van der Waals surface area contributed by atoms with Gasteiger partial charge in [-0.15, -0.1) is 0 Å². The Morgan fingerprint density at radius 1 is 1.35 bits per heavy atom. The Kier molecular flexibility index (Phi) is 6.31. The number of carbonyl (C=O) groups is 1. The summed E-state index contributed by atoms with van der Waals surface area (Å²) < 4.78 is 11.3. The molecular weight excluding hydrogens is 256 g/mol. The Balaban J connectivity index is 2.90. The second kappa shape index (κ2) is 7.75. The fourth-order valence-corrected chi connectivity index (χ4v) is 1.84. The maximum absolute atomic E-state index is 11.8. The van der Waals surface area contributed by atoms with E-state index in [1.807, 2.05) is 25.1 Å². The number of hydrogen-bond donors (Lipinski definition) is 1. The van der Waals surface area contributed by atoms with Crippen molar-refractivity contribution in [2.75, 3.05) is 27.2 Å². The molecule has 0 saturated heterocycles. The molecule has 1 aromatic carbocycles. The fourth-order valence-electron chi connectivity index (χ4n) is 1.84. The molecule has 5 nitrogen and oxygen atoms in total. The van der Waals surface area contributed by atoms with Gasteiger partial charge in [0.25, 0.3) is 5.91 Å². The molecule has 1 rings (SSSR count). The Hall–Kier alpha value is -1.75. The highest BCUT2D eigenvalue weighted by Crippen LogP contribution is 2.29. The Labute approximate surface area is 120 Å². The Morgan fingerprint density at radius 2 is 2.05 bits per heavy atom. The average molecular weight is 280 g/mol. The van der Waals surface area contributed by atoms with Crippen LogP contribution in [-0.2, 0) is 11.2 Å². The van der Waals surface area contributed by atoms with Crippen LogP contribution in [0.4, 0.5) is 0 Å². The predicted molar refractivity (Wildman–Crippen MR) is 79.2 cm³/mol. The summed E-state index contributed by atoms with van der Waals surface area (Å²) in [6.07, 6.45) is 0.233. The maximum atomic E-state index is 11.8. The molecule has 1 unspecified atom stereocenters. The van der Waals surface area contributed by atoms with Gasteiger partial charge in [-0.25, -0.2) is 0 Å². The van der Waals surface area contributed by atoms with Crippen LogP contribution >= 0.6 is 0 Å². The molecule has 2 N–H and O–H groups in total. The molecule has 5 heteroatoms. The average Bonchev–Trinajstić information content (AvgIpc) is 2.41. The van der Waals surface area contributed by atoms with E-state index >= 15 is 0 Å². The molecule has 0 aliphatic rings. The van der Waals surface area contributed by atoms with Crippen molar-refractivity contribution in [3.8, 4) is 11.5 Å². The smallest absolute Gasteiger partial charge is 0.262 e. The van der Waals surface area contributed by atoms with Crippen molar-refractivity contribution in [3.63, 3.8) is 0 Å². The first-order valence-corrected chi connectivity index (χ1v) is 6.83. The van der Waals surface area contributed by atoms with Crippen LogP contribution in [0.25, 0.3) is 0 Å².